The van der Waals surface area contributed by atoms with E-state index in [0.717, 1.165) is 66.0 Å². The first-order valence-corrected chi connectivity index (χ1v) is 10.1. The van der Waals surface area contributed by atoms with E-state index in [1.165, 1.54) is 5.56 Å². The van der Waals surface area contributed by atoms with Gasteiger partial charge in [-0.3, -0.25) is 10.00 Å². The number of aromatic nitrogens is 3. The Morgan fingerprint density at radius 2 is 1.83 bits per heavy atom. The van der Waals surface area contributed by atoms with Gasteiger partial charge in [-0.2, -0.15) is 5.10 Å². The van der Waals surface area contributed by atoms with Gasteiger partial charge >= 0.3 is 0 Å². The number of pyridine rings is 1. The van der Waals surface area contributed by atoms with E-state index in [4.69, 9.17) is 16.2 Å². The maximum atomic E-state index is 6.16. The molecule has 5 N–H and O–H groups in total. The van der Waals surface area contributed by atoms with Crippen LogP contribution in [0.3, 0.4) is 0 Å². The Morgan fingerprint density at radius 3 is 2.67 bits per heavy atom. The van der Waals surface area contributed by atoms with E-state index < -0.39 is 0 Å². The molecule has 5 rings (SSSR count). The molecule has 0 radical (unpaired) electrons. The largest absolute Gasteiger partial charge is 0.384 e. The first kappa shape index (κ1) is 18.6. The fraction of sp³-hybridized carbons (Fsp3) is 0.217. The molecule has 2 aromatic heterocycles. The summed E-state index contributed by atoms with van der Waals surface area (Å²) in [6.07, 6.45) is 1.72. The molecule has 0 amide bonds. The highest BCUT2D eigenvalue weighted by molar-refractivity contribution is 6.02. The smallest absolute Gasteiger partial charge is 0.153 e. The van der Waals surface area contributed by atoms with Crippen LogP contribution in [0.4, 0.5) is 11.6 Å². The summed E-state index contributed by atoms with van der Waals surface area (Å²) in [5.74, 6) is 0.974. The van der Waals surface area contributed by atoms with Crippen molar-refractivity contribution >= 4 is 22.5 Å². The number of hydrogen-bond donors (Lipinski definition) is 3. The number of rotatable bonds is 4. The normalized spacial score (nSPS) is 14.9. The van der Waals surface area contributed by atoms with Crippen molar-refractivity contribution in [3.8, 4) is 22.3 Å². The van der Waals surface area contributed by atoms with E-state index >= 15 is 0 Å². The molecule has 0 aliphatic carbocycles. The fourth-order valence-corrected chi connectivity index (χ4v) is 4.02. The number of nitrogens with two attached hydrogens (primary N) is 2. The van der Waals surface area contributed by atoms with Crippen molar-refractivity contribution < 1.29 is 4.74 Å². The van der Waals surface area contributed by atoms with Crippen molar-refractivity contribution in [1.82, 2.24) is 20.1 Å². The highest BCUT2D eigenvalue weighted by atomic mass is 16.5. The molecule has 7 nitrogen and oxygen atoms in total. The molecule has 4 aromatic rings. The zero-order valence-electron chi connectivity index (χ0n) is 16.6. The predicted octanol–water partition coefficient (Wildman–Crippen LogP) is 3.29. The summed E-state index contributed by atoms with van der Waals surface area (Å²) >= 11 is 0. The van der Waals surface area contributed by atoms with Gasteiger partial charge in [-0.1, -0.05) is 18.2 Å². The Hall–Kier alpha value is -3.42. The maximum Gasteiger partial charge on any atom is 0.153 e. The van der Waals surface area contributed by atoms with Crippen LogP contribution in [0.1, 0.15) is 5.56 Å². The quantitative estimate of drug-likeness (QED) is 0.485. The van der Waals surface area contributed by atoms with Gasteiger partial charge in [0, 0.05) is 36.8 Å². The maximum absolute atomic E-state index is 6.16. The van der Waals surface area contributed by atoms with Gasteiger partial charge in [-0.05, 0) is 52.6 Å². The molecule has 7 heteroatoms. The van der Waals surface area contributed by atoms with E-state index in [0.29, 0.717) is 11.6 Å². The van der Waals surface area contributed by atoms with Crippen LogP contribution in [0.2, 0.25) is 0 Å². The molecule has 3 heterocycles. The van der Waals surface area contributed by atoms with E-state index in [1.807, 2.05) is 18.2 Å². The van der Waals surface area contributed by atoms with Crippen molar-refractivity contribution in [2.24, 2.45) is 0 Å². The molecule has 0 unspecified atom stereocenters. The van der Waals surface area contributed by atoms with Crippen molar-refractivity contribution in [1.29, 1.82) is 0 Å². The van der Waals surface area contributed by atoms with Gasteiger partial charge < -0.3 is 16.2 Å². The van der Waals surface area contributed by atoms with Crippen LogP contribution in [-0.4, -0.2) is 46.4 Å². The number of hydrogen-bond acceptors (Lipinski definition) is 6. The number of nitrogen functional groups attached to an aromatic ring is 2. The first-order valence-electron chi connectivity index (χ1n) is 10.1. The summed E-state index contributed by atoms with van der Waals surface area (Å²) in [6, 6.07) is 16.7. The summed E-state index contributed by atoms with van der Waals surface area (Å²) in [5.41, 5.74) is 18.5. The van der Waals surface area contributed by atoms with Crippen molar-refractivity contribution in [2.75, 3.05) is 37.8 Å². The Balaban J connectivity index is 1.59. The zero-order valence-corrected chi connectivity index (χ0v) is 16.6. The van der Waals surface area contributed by atoms with Crippen molar-refractivity contribution in [2.45, 2.75) is 6.54 Å². The van der Waals surface area contributed by atoms with Crippen molar-refractivity contribution in [3.63, 3.8) is 0 Å². The molecule has 1 fully saturated rings. The number of nitrogens with one attached hydrogen (secondary N) is 1. The highest BCUT2D eigenvalue weighted by Crippen LogP contribution is 2.35. The van der Waals surface area contributed by atoms with Gasteiger partial charge in [0.25, 0.3) is 0 Å². The lowest BCUT2D eigenvalue weighted by Gasteiger charge is -2.26. The summed E-state index contributed by atoms with van der Waals surface area (Å²) < 4.78 is 5.47. The molecule has 2 aromatic carbocycles. The molecule has 152 valence electrons. The standard InChI is InChI=1S/C23H24N6O/c24-21-13-16(4-5-26-21)18-11-19(22-20(12-18)23(25)28-27-22)17-3-1-2-15(10-17)14-29-6-8-30-9-7-29/h1-5,10-13H,6-9,14H2,(H2,24,26)(H3,25,27,28). The van der Waals surface area contributed by atoms with E-state index in [-0.39, 0.29) is 0 Å². The molecule has 0 atom stereocenters. The summed E-state index contributed by atoms with van der Waals surface area (Å²) in [5, 5.41) is 8.25. The third-order valence-corrected chi connectivity index (χ3v) is 5.56. The molecule has 0 bridgehead atoms. The molecule has 0 saturated carbocycles. The van der Waals surface area contributed by atoms with Crippen molar-refractivity contribution in [3.05, 3.63) is 60.3 Å². The molecule has 1 aliphatic heterocycles. The van der Waals surface area contributed by atoms with Gasteiger partial charge in [-0.25, -0.2) is 4.98 Å². The molecule has 1 aliphatic rings. The fourth-order valence-electron chi connectivity index (χ4n) is 4.02. The summed E-state index contributed by atoms with van der Waals surface area (Å²) in [4.78, 5) is 6.52. The minimum Gasteiger partial charge on any atom is -0.384 e. The van der Waals surface area contributed by atoms with Crippen LogP contribution < -0.4 is 11.5 Å². The highest BCUT2D eigenvalue weighted by Gasteiger charge is 2.15. The Bertz CT molecular complexity index is 1200. The number of morpholine rings is 1. The van der Waals surface area contributed by atoms with Crippen LogP contribution in [0, 0.1) is 0 Å². The monoisotopic (exact) mass is 400 g/mol. The molecule has 30 heavy (non-hydrogen) atoms. The van der Waals surface area contributed by atoms with Crippen LogP contribution >= 0.6 is 0 Å². The number of H-pyrrole nitrogens is 1. The Morgan fingerprint density at radius 1 is 0.967 bits per heavy atom. The minimum absolute atomic E-state index is 0.486. The lowest BCUT2D eigenvalue weighted by molar-refractivity contribution is 0.0342. The minimum atomic E-state index is 0.486. The number of nitrogens with zero attached hydrogens (tertiary/aromatic N) is 3. The second-order valence-electron chi connectivity index (χ2n) is 7.61. The van der Waals surface area contributed by atoms with Gasteiger partial charge in [0.1, 0.15) is 5.82 Å². The topological polar surface area (TPSA) is 106 Å². The van der Waals surface area contributed by atoms with Crippen LogP contribution in [0.5, 0.6) is 0 Å². The van der Waals surface area contributed by atoms with Gasteiger partial charge in [-0.15, -0.1) is 0 Å². The van der Waals surface area contributed by atoms with Crippen LogP contribution in [0.25, 0.3) is 33.2 Å². The van der Waals surface area contributed by atoms with Crippen LogP contribution in [-0.2, 0) is 11.3 Å². The van der Waals surface area contributed by atoms with Gasteiger partial charge in [0.05, 0.1) is 18.7 Å². The van der Waals surface area contributed by atoms with Gasteiger partial charge in [0.2, 0.25) is 0 Å². The number of fused-ring (bicyclic) bond motifs is 1. The number of ether oxygens (including phenoxy) is 1. The summed E-state index contributed by atoms with van der Waals surface area (Å²) in [7, 11) is 0. The van der Waals surface area contributed by atoms with E-state index in [1.54, 1.807) is 6.20 Å². The predicted molar refractivity (Wildman–Crippen MR) is 120 cm³/mol. The number of benzene rings is 2. The van der Waals surface area contributed by atoms with E-state index in [9.17, 15) is 0 Å². The molecule has 0 spiro atoms. The second kappa shape index (κ2) is 7.78. The van der Waals surface area contributed by atoms with Gasteiger partial charge in [0.15, 0.2) is 5.82 Å². The third-order valence-electron chi connectivity index (χ3n) is 5.56. The Kier molecular flexibility index (Phi) is 4.82. The zero-order chi connectivity index (χ0) is 20.5. The van der Waals surface area contributed by atoms with Crippen LogP contribution in [0.15, 0.2) is 54.7 Å². The lowest BCUT2D eigenvalue weighted by atomic mass is 9.95. The third kappa shape index (κ3) is 3.60. The molecular formula is C23H24N6O. The van der Waals surface area contributed by atoms with E-state index in [2.05, 4.69) is 50.4 Å². The summed E-state index contributed by atoms with van der Waals surface area (Å²) in [6.45, 7) is 4.43. The Labute approximate surface area is 174 Å². The SMILES string of the molecule is Nc1cc(-c2cc(-c3cccc(CN4CCOCC4)c3)c3[nH]nc(N)c3c2)ccn1. The average molecular weight is 400 g/mol. The lowest BCUT2D eigenvalue weighted by Crippen LogP contribution is -2.35. The molecule has 1 saturated heterocycles. The average Bonchev–Trinajstić information content (AvgIpc) is 3.15. The first-order chi connectivity index (χ1) is 14.7. The number of anilines is 2. The second-order valence-corrected chi connectivity index (χ2v) is 7.61. The molecular weight excluding hydrogens is 376 g/mol. The number of aromatic amines is 1.